The molecule has 1 amide bonds. The third-order valence-corrected chi connectivity index (χ3v) is 4.45. The monoisotopic (exact) mass is 314 g/mol. The number of halogens is 1. The Kier molecular flexibility index (Phi) is 3.78. The molecule has 0 atom stereocenters. The maximum atomic E-state index is 12.3. The van der Waals surface area contributed by atoms with Crippen LogP contribution in [0, 0.1) is 0 Å². The summed E-state index contributed by atoms with van der Waals surface area (Å²) in [6.07, 6.45) is 1.63. The standard InChI is InChI=1S/C12H15BrN2OS/c1-12(2)8-15(5-6-17-12)11(16)9-3-4-10(13)14-7-9/h3-4,7H,5-6,8H2,1-2H3. The number of carbonyl (C=O) groups excluding carboxylic acids is 1. The smallest absolute Gasteiger partial charge is 0.255 e. The Morgan fingerprint density at radius 2 is 2.29 bits per heavy atom. The van der Waals surface area contributed by atoms with Crippen molar-refractivity contribution in [2.75, 3.05) is 18.8 Å². The van der Waals surface area contributed by atoms with Gasteiger partial charge in [0.1, 0.15) is 4.60 Å². The van der Waals surface area contributed by atoms with E-state index in [1.54, 1.807) is 12.3 Å². The number of hydrogen-bond acceptors (Lipinski definition) is 3. The van der Waals surface area contributed by atoms with Crippen molar-refractivity contribution in [3.8, 4) is 0 Å². The minimum atomic E-state index is 0.0818. The Morgan fingerprint density at radius 3 is 2.88 bits per heavy atom. The summed E-state index contributed by atoms with van der Waals surface area (Å²) >= 11 is 5.19. The lowest BCUT2D eigenvalue weighted by Gasteiger charge is -2.37. The summed E-state index contributed by atoms with van der Waals surface area (Å²) in [7, 11) is 0. The van der Waals surface area contributed by atoms with Crippen molar-refractivity contribution in [3.05, 3.63) is 28.5 Å². The average Bonchev–Trinajstić information content (AvgIpc) is 2.28. The third-order valence-electron chi connectivity index (χ3n) is 2.69. The molecule has 92 valence electrons. The molecule has 0 spiro atoms. The van der Waals surface area contributed by atoms with Crippen LogP contribution in [0.4, 0.5) is 0 Å². The van der Waals surface area contributed by atoms with Gasteiger partial charge in [0, 0.05) is 29.8 Å². The van der Waals surface area contributed by atoms with E-state index >= 15 is 0 Å². The minimum Gasteiger partial charge on any atom is -0.336 e. The highest BCUT2D eigenvalue weighted by atomic mass is 79.9. The predicted molar refractivity (Wildman–Crippen MR) is 74.4 cm³/mol. The number of amides is 1. The largest absolute Gasteiger partial charge is 0.336 e. The molecule has 5 heteroatoms. The number of thioether (sulfide) groups is 1. The summed E-state index contributed by atoms with van der Waals surface area (Å²) < 4.78 is 0.903. The highest BCUT2D eigenvalue weighted by Crippen LogP contribution is 2.30. The Bertz CT molecular complexity index is 419. The molecule has 0 saturated carbocycles. The van der Waals surface area contributed by atoms with Crippen LogP contribution < -0.4 is 0 Å². The van der Waals surface area contributed by atoms with Gasteiger partial charge >= 0.3 is 0 Å². The molecule has 1 aliphatic rings. The number of rotatable bonds is 1. The number of pyridine rings is 1. The molecule has 0 aliphatic carbocycles. The number of hydrogen-bond donors (Lipinski definition) is 0. The van der Waals surface area contributed by atoms with E-state index in [2.05, 4.69) is 34.8 Å². The second kappa shape index (κ2) is 4.98. The molecule has 1 fully saturated rings. The van der Waals surface area contributed by atoms with Crippen molar-refractivity contribution in [1.29, 1.82) is 0 Å². The fourth-order valence-electron chi connectivity index (χ4n) is 1.87. The molecule has 0 N–H and O–H groups in total. The van der Waals surface area contributed by atoms with Gasteiger partial charge in [-0.1, -0.05) is 0 Å². The van der Waals surface area contributed by atoms with Gasteiger partial charge in [-0.2, -0.15) is 11.8 Å². The summed E-state index contributed by atoms with van der Waals surface area (Å²) in [4.78, 5) is 18.3. The molecule has 3 nitrogen and oxygen atoms in total. The van der Waals surface area contributed by atoms with Gasteiger partial charge in [-0.25, -0.2) is 4.98 Å². The van der Waals surface area contributed by atoms with E-state index in [1.165, 1.54) is 0 Å². The van der Waals surface area contributed by atoms with Gasteiger partial charge in [-0.05, 0) is 41.9 Å². The lowest BCUT2D eigenvalue weighted by molar-refractivity contribution is 0.0747. The summed E-state index contributed by atoms with van der Waals surface area (Å²) in [5.74, 6) is 1.08. The summed E-state index contributed by atoms with van der Waals surface area (Å²) in [6.45, 7) is 5.98. The lowest BCUT2D eigenvalue weighted by Crippen LogP contribution is -2.46. The summed E-state index contributed by atoms with van der Waals surface area (Å²) in [5.41, 5.74) is 0.663. The molecule has 1 saturated heterocycles. The van der Waals surface area contributed by atoms with Gasteiger partial charge < -0.3 is 4.90 Å². The van der Waals surface area contributed by atoms with Crippen LogP contribution in [0.25, 0.3) is 0 Å². The Hall–Kier alpha value is -0.550. The van der Waals surface area contributed by atoms with Crippen LogP contribution in [0.3, 0.4) is 0 Å². The van der Waals surface area contributed by atoms with E-state index in [4.69, 9.17) is 0 Å². The van der Waals surface area contributed by atoms with Gasteiger partial charge in [-0.3, -0.25) is 4.79 Å². The number of carbonyl (C=O) groups is 1. The zero-order chi connectivity index (χ0) is 12.5. The van der Waals surface area contributed by atoms with Crippen LogP contribution in [0.15, 0.2) is 22.9 Å². The number of nitrogens with zero attached hydrogens (tertiary/aromatic N) is 2. The lowest BCUT2D eigenvalue weighted by atomic mass is 10.1. The number of aromatic nitrogens is 1. The first kappa shape index (κ1) is 12.9. The summed E-state index contributed by atoms with van der Waals surface area (Å²) in [6, 6.07) is 3.62. The molecule has 0 radical (unpaired) electrons. The third kappa shape index (κ3) is 3.22. The van der Waals surface area contributed by atoms with E-state index in [0.717, 1.165) is 23.4 Å². The van der Waals surface area contributed by atoms with Crippen LogP contribution >= 0.6 is 27.7 Å². The van der Waals surface area contributed by atoms with Crippen LogP contribution in [0.2, 0.25) is 0 Å². The van der Waals surface area contributed by atoms with E-state index < -0.39 is 0 Å². The zero-order valence-corrected chi connectivity index (χ0v) is 12.3. The van der Waals surface area contributed by atoms with E-state index in [-0.39, 0.29) is 10.7 Å². The van der Waals surface area contributed by atoms with Crippen LogP contribution in [-0.4, -0.2) is 39.4 Å². The molecule has 17 heavy (non-hydrogen) atoms. The Labute approximate surface area is 114 Å². The van der Waals surface area contributed by atoms with Crippen molar-refractivity contribution < 1.29 is 4.79 Å². The van der Waals surface area contributed by atoms with Gasteiger partial charge in [0.2, 0.25) is 0 Å². The topological polar surface area (TPSA) is 33.2 Å². The zero-order valence-electron chi connectivity index (χ0n) is 9.94. The maximum Gasteiger partial charge on any atom is 0.255 e. The average molecular weight is 315 g/mol. The normalized spacial score (nSPS) is 19.1. The molecule has 1 aromatic heterocycles. The Balaban J connectivity index is 2.12. The highest BCUT2D eigenvalue weighted by Gasteiger charge is 2.30. The fraction of sp³-hybridized carbons (Fsp3) is 0.500. The van der Waals surface area contributed by atoms with Crippen LogP contribution in [0.1, 0.15) is 24.2 Å². The van der Waals surface area contributed by atoms with Crippen molar-refractivity contribution in [2.45, 2.75) is 18.6 Å². The van der Waals surface area contributed by atoms with Gasteiger partial charge in [0.15, 0.2) is 0 Å². The molecule has 0 bridgehead atoms. The Morgan fingerprint density at radius 1 is 1.53 bits per heavy atom. The molecule has 2 rings (SSSR count). The van der Waals surface area contributed by atoms with Crippen molar-refractivity contribution in [2.24, 2.45) is 0 Å². The molecule has 1 aliphatic heterocycles. The fourth-order valence-corrected chi connectivity index (χ4v) is 3.22. The minimum absolute atomic E-state index is 0.0818. The van der Waals surface area contributed by atoms with E-state index in [1.807, 2.05) is 22.7 Å². The van der Waals surface area contributed by atoms with Gasteiger partial charge in [-0.15, -0.1) is 0 Å². The van der Waals surface area contributed by atoms with E-state index in [0.29, 0.717) is 5.56 Å². The van der Waals surface area contributed by atoms with Crippen molar-refractivity contribution in [1.82, 2.24) is 9.88 Å². The molecular weight excluding hydrogens is 300 g/mol. The second-order valence-corrected chi connectivity index (χ2v) is 7.32. The van der Waals surface area contributed by atoms with Gasteiger partial charge in [0.05, 0.1) is 5.56 Å². The molecule has 0 aromatic carbocycles. The predicted octanol–water partition coefficient (Wildman–Crippen LogP) is 2.81. The van der Waals surface area contributed by atoms with Crippen molar-refractivity contribution >= 4 is 33.6 Å². The first-order chi connectivity index (χ1) is 7.98. The van der Waals surface area contributed by atoms with Crippen LogP contribution in [0.5, 0.6) is 0 Å². The molecular formula is C12H15BrN2OS. The van der Waals surface area contributed by atoms with Gasteiger partial charge in [0.25, 0.3) is 5.91 Å². The molecule has 0 unspecified atom stereocenters. The highest BCUT2D eigenvalue weighted by molar-refractivity contribution is 9.10. The first-order valence-corrected chi connectivity index (χ1v) is 7.31. The molecule has 2 heterocycles. The SMILES string of the molecule is CC1(C)CN(C(=O)c2ccc(Br)nc2)CCS1. The maximum absolute atomic E-state index is 12.3. The first-order valence-electron chi connectivity index (χ1n) is 5.53. The van der Waals surface area contributed by atoms with Crippen LogP contribution in [-0.2, 0) is 0 Å². The summed E-state index contributed by atoms with van der Waals surface area (Å²) in [5, 5.41) is 0. The van der Waals surface area contributed by atoms with Crippen molar-refractivity contribution in [3.63, 3.8) is 0 Å². The second-order valence-electron chi connectivity index (χ2n) is 4.70. The molecule has 1 aromatic rings. The quantitative estimate of drug-likeness (QED) is 0.747. The van der Waals surface area contributed by atoms with E-state index in [9.17, 15) is 4.79 Å².